The second-order valence-electron chi connectivity index (χ2n) is 4.25. The fourth-order valence-corrected chi connectivity index (χ4v) is 1.85. The highest BCUT2D eigenvalue weighted by Crippen LogP contribution is 1.98. The van der Waals surface area contributed by atoms with Crippen molar-refractivity contribution in [1.82, 2.24) is 9.80 Å². The molecule has 0 unspecified atom stereocenters. The quantitative estimate of drug-likeness (QED) is 0.467. The standard InChI is InChI=1S/C11H22N2O4/c1-5-14-6-2-12(1)9-16-11-17-10-13-3-7-15-8-4-13/h1-11H2. The number of nitrogens with zero attached hydrogens (tertiary/aromatic N) is 2. The first kappa shape index (κ1) is 13.2. The van der Waals surface area contributed by atoms with Crippen molar-refractivity contribution >= 4 is 0 Å². The van der Waals surface area contributed by atoms with E-state index in [-0.39, 0.29) is 0 Å². The topological polar surface area (TPSA) is 43.4 Å². The van der Waals surface area contributed by atoms with Gasteiger partial charge in [-0.05, 0) is 0 Å². The Bertz CT molecular complexity index is 174. The predicted molar refractivity (Wildman–Crippen MR) is 61.6 cm³/mol. The summed E-state index contributed by atoms with van der Waals surface area (Å²) in [5.41, 5.74) is 0. The van der Waals surface area contributed by atoms with Crippen molar-refractivity contribution < 1.29 is 18.9 Å². The average molecular weight is 246 g/mol. The summed E-state index contributed by atoms with van der Waals surface area (Å²) in [7, 11) is 0. The highest BCUT2D eigenvalue weighted by molar-refractivity contribution is 4.57. The Morgan fingerprint density at radius 2 is 1.12 bits per heavy atom. The Kier molecular flexibility index (Phi) is 6.18. The van der Waals surface area contributed by atoms with Crippen molar-refractivity contribution in [2.24, 2.45) is 0 Å². The molecule has 0 aromatic heterocycles. The largest absolute Gasteiger partial charge is 0.379 e. The zero-order valence-electron chi connectivity index (χ0n) is 10.3. The molecule has 6 nitrogen and oxygen atoms in total. The monoisotopic (exact) mass is 246 g/mol. The van der Waals surface area contributed by atoms with Gasteiger partial charge in [0.25, 0.3) is 0 Å². The van der Waals surface area contributed by atoms with Crippen LogP contribution in [0, 0.1) is 0 Å². The summed E-state index contributed by atoms with van der Waals surface area (Å²) in [5.74, 6) is 0. The van der Waals surface area contributed by atoms with Crippen LogP contribution in [0.1, 0.15) is 0 Å². The molecular formula is C11H22N2O4. The van der Waals surface area contributed by atoms with Gasteiger partial charge in [-0.1, -0.05) is 0 Å². The smallest absolute Gasteiger partial charge is 0.150 e. The second kappa shape index (κ2) is 7.97. The third-order valence-corrected chi connectivity index (χ3v) is 2.92. The molecule has 2 aliphatic heterocycles. The summed E-state index contributed by atoms with van der Waals surface area (Å²) in [6, 6.07) is 0. The molecular weight excluding hydrogens is 224 g/mol. The van der Waals surface area contributed by atoms with E-state index in [0.717, 1.165) is 52.6 Å². The van der Waals surface area contributed by atoms with Crippen LogP contribution in [0.4, 0.5) is 0 Å². The molecule has 0 aromatic rings. The first-order chi connectivity index (χ1) is 8.45. The van der Waals surface area contributed by atoms with E-state index in [9.17, 15) is 0 Å². The van der Waals surface area contributed by atoms with Crippen molar-refractivity contribution in [2.75, 3.05) is 72.9 Å². The molecule has 2 aliphatic rings. The highest BCUT2D eigenvalue weighted by atomic mass is 16.7. The van der Waals surface area contributed by atoms with Gasteiger partial charge < -0.3 is 18.9 Å². The molecule has 6 heteroatoms. The summed E-state index contributed by atoms with van der Waals surface area (Å²) in [4.78, 5) is 4.45. The molecule has 2 heterocycles. The molecule has 0 aliphatic carbocycles. The van der Waals surface area contributed by atoms with E-state index in [1.807, 2.05) is 0 Å². The van der Waals surface area contributed by atoms with Crippen LogP contribution in [0.3, 0.4) is 0 Å². The molecule has 2 fully saturated rings. The normalized spacial score (nSPS) is 24.0. The SMILES string of the molecule is C1CN(COCOCN2CCOCC2)CCO1. The van der Waals surface area contributed by atoms with Gasteiger partial charge in [-0.3, -0.25) is 9.80 Å². The van der Waals surface area contributed by atoms with Gasteiger partial charge in [0.1, 0.15) is 20.3 Å². The summed E-state index contributed by atoms with van der Waals surface area (Å²) in [6.07, 6.45) is 0. The van der Waals surface area contributed by atoms with Crippen LogP contribution in [0.25, 0.3) is 0 Å². The van der Waals surface area contributed by atoms with E-state index < -0.39 is 0 Å². The number of rotatable bonds is 6. The lowest BCUT2D eigenvalue weighted by Crippen LogP contribution is -2.39. The van der Waals surface area contributed by atoms with Gasteiger partial charge >= 0.3 is 0 Å². The van der Waals surface area contributed by atoms with Gasteiger partial charge in [-0.25, -0.2) is 0 Å². The molecule has 2 saturated heterocycles. The van der Waals surface area contributed by atoms with Crippen LogP contribution in [0.5, 0.6) is 0 Å². The van der Waals surface area contributed by atoms with E-state index in [0.29, 0.717) is 20.3 Å². The van der Waals surface area contributed by atoms with E-state index in [1.165, 1.54) is 0 Å². The lowest BCUT2D eigenvalue weighted by molar-refractivity contribution is -0.133. The van der Waals surface area contributed by atoms with Gasteiger partial charge in [0.2, 0.25) is 0 Å². The third-order valence-electron chi connectivity index (χ3n) is 2.92. The lowest BCUT2D eigenvalue weighted by Gasteiger charge is -2.27. The molecule has 100 valence electrons. The molecule has 0 spiro atoms. The van der Waals surface area contributed by atoms with Gasteiger partial charge in [0, 0.05) is 26.2 Å². The maximum Gasteiger partial charge on any atom is 0.150 e. The van der Waals surface area contributed by atoms with Crippen LogP contribution in [-0.4, -0.2) is 82.7 Å². The molecule has 17 heavy (non-hydrogen) atoms. The molecule has 2 rings (SSSR count). The van der Waals surface area contributed by atoms with Crippen LogP contribution < -0.4 is 0 Å². The van der Waals surface area contributed by atoms with Crippen molar-refractivity contribution in [3.8, 4) is 0 Å². The maximum atomic E-state index is 5.45. The minimum Gasteiger partial charge on any atom is -0.379 e. The third kappa shape index (κ3) is 5.29. The van der Waals surface area contributed by atoms with Crippen LogP contribution >= 0.6 is 0 Å². The highest BCUT2D eigenvalue weighted by Gasteiger charge is 2.11. The fourth-order valence-electron chi connectivity index (χ4n) is 1.85. The maximum absolute atomic E-state index is 5.45. The number of ether oxygens (including phenoxy) is 4. The van der Waals surface area contributed by atoms with Crippen molar-refractivity contribution in [3.63, 3.8) is 0 Å². The van der Waals surface area contributed by atoms with Gasteiger partial charge in [-0.2, -0.15) is 0 Å². The fraction of sp³-hybridized carbons (Fsp3) is 1.00. The molecule has 0 amide bonds. The number of morpholine rings is 2. The Balaban J connectivity index is 1.42. The first-order valence-corrected chi connectivity index (χ1v) is 6.21. The van der Waals surface area contributed by atoms with E-state index in [1.54, 1.807) is 0 Å². The lowest BCUT2D eigenvalue weighted by atomic mass is 10.5. The first-order valence-electron chi connectivity index (χ1n) is 6.21. The summed E-state index contributed by atoms with van der Waals surface area (Å²) >= 11 is 0. The molecule has 0 bridgehead atoms. The van der Waals surface area contributed by atoms with Crippen LogP contribution in [0.2, 0.25) is 0 Å². The Morgan fingerprint density at radius 1 is 0.706 bits per heavy atom. The van der Waals surface area contributed by atoms with Crippen LogP contribution in [-0.2, 0) is 18.9 Å². The van der Waals surface area contributed by atoms with Gasteiger partial charge in [-0.15, -0.1) is 0 Å². The molecule has 0 saturated carbocycles. The number of hydrogen-bond acceptors (Lipinski definition) is 6. The summed E-state index contributed by atoms with van der Waals surface area (Å²) in [6.45, 7) is 8.62. The average Bonchev–Trinajstić information content (AvgIpc) is 2.41. The zero-order chi connectivity index (χ0) is 11.8. The summed E-state index contributed by atoms with van der Waals surface area (Å²) < 4.78 is 21.4. The van der Waals surface area contributed by atoms with Crippen LogP contribution in [0.15, 0.2) is 0 Å². The molecule has 0 atom stereocenters. The Morgan fingerprint density at radius 3 is 1.53 bits per heavy atom. The van der Waals surface area contributed by atoms with E-state index >= 15 is 0 Å². The van der Waals surface area contributed by atoms with Crippen molar-refractivity contribution in [3.05, 3.63) is 0 Å². The van der Waals surface area contributed by atoms with Crippen molar-refractivity contribution in [1.29, 1.82) is 0 Å². The van der Waals surface area contributed by atoms with E-state index in [2.05, 4.69) is 9.80 Å². The minimum absolute atomic E-state index is 0.356. The Labute approximate surface area is 102 Å². The van der Waals surface area contributed by atoms with E-state index in [4.69, 9.17) is 18.9 Å². The molecule has 0 N–H and O–H groups in total. The molecule has 0 aromatic carbocycles. The number of hydrogen-bond donors (Lipinski definition) is 0. The van der Waals surface area contributed by atoms with Crippen molar-refractivity contribution in [2.45, 2.75) is 0 Å². The predicted octanol–water partition coefficient (Wildman–Crippen LogP) is -0.443. The second-order valence-corrected chi connectivity index (χ2v) is 4.25. The molecule has 0 radical (unpaired) electrons. The Hall–Kier alpha value is -0.240. The minimum atomic E-state index is 0.356. The van der Waals surface area contributed by atoms with Gasteiger partial charge in [0.15, 0.2) is 0 Å². The van der Waals surface area contributed by atoms with Gasteiger partial charge in [0.05, 0.1) is 26.4 Å². The summed E-state index contributed by atoms with van der Waals surface area (Å²) in [5, 5.41) is 0. The zero-order valence-corrected chi connectivity index (χ0v) is 10.3.